The predicted molar refractivity (Wildman–Crippen MR) is 75.6 cm³/mol. The van der Waals surface area contributed by atoms with Crippen molar-refractivity contribution in [3.63, 3.8) is 0 Å². The van der Waals surface area contributed by atoms with Gasteiger partial charge in [0.1, 0.15) is 11.0 Å². The predicted octanol–water partition coefficient (Wildman–Crippen LogP) is 3.58. The lowest BCUT2D eigenvalue weighted by molar-refractivity contribution is 0.975. The molecule has 0 atom stereocenters. The summed E-state index contributed by atoms with van der Waals surface area (Å²) in [5, 5.41) is 10.7. The van der Waals surface area contributed by atoms with Crippen LogP contribution in [0.4, 0.5) is 11.5 Å². The van der Waals surface area contributed by atoms with Gasteiger partial charge in [-0.05, 0) is 23.7 Å². The second-order valence-corrected chi connectivity index (χ2v) is 5.03. The Kier molecular flexibility index (Phi) is 3.36. The molecule has 0 saturated carbocycles. The number of rotatable bonds is 2. The highest BCUT2D eigenvalue weighted by Gasteiger charge is 2.13. The molecule has 0 radical (unpaired) electrons. The zero-order chi connectivity index (χ0) is 13.4. The van der Waals surface area contributed by atoms with Gasteiger partial charge in [-0.25, -0.2) is 0 Å². The zero-order valence-electron chi connectivity index (χ0n) is 8.93. The Bertz CT molecular complexity index is 761. The molecule has 1 N–H and O–H groups in total. The molecule has 0 fully saturated rings. The molecule has 0 amide bonds. The van der Waals surface area contributed by atoms with Crippen LogP contribution in [0.5, 0.6) is 0 Å². The maximum Gasteiger partial charge on any atom is 0.245 e. The van der Waals surface area contributed by atoms with E-state index < -0.39 is 0 Å². The summed E-state index contributed by atoms with van der Waals surface area (Å²) < 4.78 is 8.30. The summed E-state index contributed by atoms with van der Waals surface area (Å²) in [6.45, 7) is 0. The first-order valence-electron chi connectivity index (χ1n) is 4.88. The van der Waals surface area contributed by atoms with Gasteiger partial charge in [0.15, 0.2) is 11.0 Å². The van der Waals surface area contributed by atoms with E-state index in [2.05, 4.69) is 29.2 Å². The van der Waals surface area contributed by atoms with E-state index >= 15 is 0 Å². The third kappa shape index (κ3) is 2.42. The van der Waals surface area contributed by atoms with Crippen molar-refractivity contribution in [1.82, 2.24) is 23.9 Å². The standard InChI is InChI=1S/C9H3Cl3N6S/c10-3-1-2-4-6(18-19-17-4)5(3)13-8-7(11)15-16-9(12)14-8/h1-2H,(H,13,14,16). The maximum atomic E-state index is 6.14. The highest BCUT2D eigenvalue weighted by Crippen LogP contribution is 2.33. The van der Waals surface area contributed by atoms with Crippen LogP contribution in [0.2, 0.25) is 15.5 Å². The fourth-order valence-electron chi connectivity index (χ4n) is 1.44. The number of aromatic nitrogens is 5. The number of hydrogen-bond donors (Lipinski definition) is 1. The minimum Gasteiger partial charge on any atom is -0.334 e. The number of anilines is 2. The van der Waals surface area contributed by atoms with Crippen LogP contribution in [-0.4, -0.2) is 23.9 Å². The quantitative estimate of drug-likeness (QED) is 0.772. The van der Waals surface area contributed by atoms with Crippen molar-refractivity contribution in [2.45, 2.75) is 0 Å². The van der Waals surface area contributed by atoms with Crippen molar-refractivity contribution in [2.24, 2.45) is 0 Å². The molecular weight excluding hydrogens is 331 g/mol. The molecule has 0 unspecified atom stereocenters. The van der Waals surface area contributed by atoms with Gasteiger partial charge in [0, 0.05) is 0 Å². The van der Waals surface area contributed by atoms with Gasteiger partial charge in [-0.2, -0.15) is 13.7 Å². The van der Waals surface area contributed by atoms with Gasteiger partial charge in [0.05, 0.1) is 22.4 Å². The van der Waals surface area contributed by atoms with Crippen LogP contribution < -0.4 is 5.32 Å². The van der Waals surface area contributed by atoms with Crippen LogP contribution in [-0.2, 0) is 0 Å². The summed E-state index contributed by atoms with van der Waals surface area (Å²) in [4.78, 5) is 3.95. The van der Waals surface area contributed by atoms with Crippen molar-refractivity contribution in [2.75, 3.05) is 5.32 Å². The number of halogens is 3. The van der Waals surface area contributed by atoms with Crippen LogP contribution >= 0.6 is 46.5 Å². The molecule has 1 aromatic carbocycles. The zero-order valence-corrected chi connectivity index (χ0v) is 12.0. The van der Waals surface area contributed by atoms with E-state index in [-0.39, 0.29) is 16.3 Å². The van der Waals surface area contributed by atoms with Crippen LogP contribution in [0, 0.1) is 0 Å². The highest BCUT2D eigenvalue weighted by atomic mass is 35.5. The molecule has 19 heavy (non-hydrogen) atoms. The maximum absolute atomic E-state index is 6.14. The van der Waals surface area contributed by atoms with Crippen LogP contribution in [0.3, 0.4) is 0 Å². The first-order valence-corrected chi connectivity index (χ1v) is 6.75. The monoisotopic (exact) mass is 332 g/mol. The molecule has 2 heterocycles. The molecule has 0 aliphatic heterocycles. The molecule has 0 saturated heterocycles. The van der Waals surface area contributed by atoms with Crippen molar-refractivity contribution >= 4 is 69.1 Å². The summed E-state index contributed by atoms with van der Waals surface area (Å²) >= 11 is 18.8. The van der Waals surface area contributed by atoms with E-state index in [0.717, 1.165) is 17.2 Å². The molecule has 96 valence electrons. The summed E-state index contributed by atoms with van der Waals surface area (Å²) in [6, 6.07) is 3.48. The fraction of sp³-hybridized carbons (Fsp3) is 0. The molecule has 3 rings (SSSR count). The Morgan fingerprint density at radius 2 is 1.89 bits per heavy atom. The number of nitrogens with zero attached hydrogens (tertiary/aromatic N) is 5. The Morgan fingerprint density at radius 3 is 2.74 bits per heavy atom. The molecule has 2 aromatic heterocycles. The van der Waals surface area contributed by atoms with Crippen molar-refractivity contribution in [3.05, 3.63) is 27.6 Å². The number of fused-ring (bicyclic) bond motifs is 1. The Hall–Kier alpha value is -1.28. The van der Waals surface area contributed by atoms with Gasteiger partial charge >= 0.3 is 0 Å². The van der Waals surface area contributed by atoms with Gasteiger partial charge in [-0.1, -0.05) is 23.2 Å². The number of nitrogens with one attached hydrogen (secondary N) is 1. The first kappa shape index (κ1) is 12.7. The van der Waals surface area contributed by atoms with Gasteiger partial charge in [-0.3, -0.25) is 0 Å². The molecule has 0 aliphatic rings. The van der Waals surface area contributed by atoms with Crippen molar-refractivity contribution < 1.29 is 0 Å². The largest absolute Gasteiger partial charge is 0.334 e. The number of hydrogen-bond acceptors (Lipinski definition) is 7. The smallest absolute Gasteiger partial charge is 0.245 e. The summed E-state index contributed by atoms with van der Waals surface area (Å²) in [6.07, 6.45) is 0. The minimum absolute atomic E-state index is 0.0217. The van der Waals surface area contributed by atoms with E-state index in [1.54, 1.807) is 12.1 Å². The molecule has 6 nitrogen and oxygen atoms in total. The molecule has 10 heteroatoms. The molecule has 3 aromatic rings. The molecule has 0 aliphatic carbocycles. The van der Waals surface area contributed by atoms with Crippen LogP contribution in [0.25, 0.3) is 11.0 Å². The highest BCUT2D eigenvalue weighted by molar-refractivity contribution is 7.00. The summed E-state index contributed by atoms with van der Waals surface area (Å²) in [5.74, 6) is 0.254. The van der Waals surface area contributed by atoms with E-state index in [1.165, 1.54) is 0 Å². The van der Waals surface area contributed by atoms with E-state index in [0.29, 0.717) is 16.2 Å². The van der Waals surface area contributed by atoms with Gasteiger partial charge < -0.3 is 5.32 Å². The first-order chi connectivity index (χ1) is 9.15. The fourth-order valence-corrected chi connectivity index (χ4v) is 2.43. The summed E-state index contributed by atoms with van der Waals surface area (Å²) in [5.41, 5.74) is 1.90. The van der Waals surface area contributed by atoms with E-state index in [9.17, 15) is 0 Å². The topological polar surface area (TPSA) is 76.5 Å². The average Bonchev–Trinajstić information content (AvgIpc) is 2.85. The third-order valence-electron chi connectivity index (χ3n) is 2.24. The lowest BCUT2D eigenvalue weighted by Crippen LogP contribution is -2.00. The van der Waals surface area contributed by atoms with Gasteiger partial charge in [0.2, 0.25) is 5.28 Å². The lowest BCUT2D eigenvalue weighted by atomic mass is 10.2. The van der Waals surface area contributed by atoms with Crippen LogP contribution in [0.15, 0.2) is 12.1 Å². The van der Waals surface area contributed by atoms with Crippen molar-refractivity contribution in [1.29, 1.82) is 0 Å². The molecule has 0 spiro atoms. The third-order valence-corrected chi connectivity index (χ3v) is 3.51. The normalized spacial score (nSPS) is 10.9. The molecular formula is C9H3Cl3N6S. The Morgan fingerprint density at radius 1 is 1.05 bits per heavy atom. The second kappa shape index (κ2) is 5.01. The SMILES string of the molecule is Clc1nnc(Cl)c(Nc2c(Cl)ccc3nsnc23)n1. The summed E-state index contributed by atoms with van der Waals surface area (Å²) in [7, 11) is 0. The van der Waals surface area contributed by atoms with Gasteiger partial charge in [-0.15, -0.1) is 10.2 Å². The average molecular weight is 334 g/mol. The lowest BCUT2D eigenvalue weighted by Gasteiger charge is -2.08. The number of benzene rings is 1. The van der Waals surface area contributed by atoms with Crippen LogP contribution in [0.1, 0.15) is 0 Å². The Balaban J connectivity index is 2.12. The van der Waals surface area contributed by atoms with E-state index in [1.807, 2.05) is 0 Å². The van der Waals surface area contributed by atoms with Gasteiger partial charge in [0.25, 0.3) is 0 Å². The molecule has 0 bridgehead atoms. The van der Waals surface area contributed by atoms with Crippen molar-refractivity contribution in [3.8, 4) is 0 Å². The van der Waals surface area contributed by atoms with E-state index in [4.69, 9.17) is 34.8 Å². The second-order valence-electron chi connectivity index (χ2n) is 3.40. The minimum atomic E-state index is -0.0217. The Labute approximate surface area is 126 Å².